The molecule has 0 spiro atoms. The standard InChI is InChI=1S/C17H18FN5O/c1-24-16-3-2-11(8-14(16)18)13-10-21-17(22-15(13)9-19)23-6-4-12(20)5-7-23/h2-3,8,10,12H,4-7,20H2,1H3. The van der Waals surface area contributed by atoms with Gasteiger partial charge in [-0.25, -0.2) is 14.4 Å². The first-order chi connectivity index (χ1) is 11.6. The molecule has 24 heavy (non-hydrogen) atoms. The molecule has 1 aromatic carbocycles. The monoisotopic (exact) mass is 327 g/mol. The molecule has 1 fully saturated rings. The fraction of sp³-hybridized carbons (Fsp3) is 0.353. The highest BCUT2D eigenvalue weighted by Crippen LogP contribution is 2.28. The van der Waals surface area contributed by atoms with Crippen LogP contribution in [0.25, 0.3) is 11.1 Å². The molecule has 0 saturated carbocycles. The van der Waals surface area contributed by atoms with E-state index < -0.39 is 5.82 Å². The summed E-state index contributed by atoms with van der Waals surface area (Å²) in [5.41, 5.74) is 7.16. The highest BCUT2D eigenvalue weighted by Gasteiger charge is 2.20. The van der Waals surface area contributed by atoms with Gasteiger partial charge in [-0.2, -0.15) is 5.26 Å². The van der Waals surface area contributed by atoms with Crippen molar-refractivity contribution < 1.29 is 9.13 Å². The van der Waals surface area contributed by atoms with E-state index >= 15 is 0 Å². The van der Waals surface area contributed by atoms with Gasteiger partial charge in [0.05, 0.1) is 7.11 Å². The van der Waals surface area contributed by atoms with Crippen molar-refractivity contribution in [1.29, 1.82) is 5.26 Å². The lowest BCUT2D eigenvalue weighted by Gasteiger charge is -2.30. The molecule has 7 heteroatoms. The van der Waals surface area contributed by atoms with Gasteiger partial charge in [-0.05, 0) is 30.5 Å². The van der Waals surface area contributed by atoms with Crippen LogP contribution >= 0.6 is 0 Å². The molecule has 2 aromatic rings. The molecule has 2 N–H and O–H groups in total. The van der Waals surface area contributed by atoms with E-state index in [0.29, 0.717) is 17.1 Å². The Morgan fingerprint density at radius 3 is 2.75 bits per heavy atom. The van der Waals surface area contributed by atoms with Crippen LogP contribution in [0.15, 0.2) is 24.4 Å². The van der Waals surface area contributed by atoms with Crippen molar-refractivity contribution >= 4 is 5.95 Å². The summed E-state index contributed by atoms with van der Waals surface area (Å²) in [4.78, 5) is 10.7. The van der Waals surface area contributed by atoms with Gasteiger partial charge in [0.1, 0.15) is 6.07 Å². The van der Waals surface area contributed by atoms with Crippen molar-refractivity contribution in [2.24, 2.45) is 5.73 Å². The van der Waals surface area contributed by atoms with Crippen LogP contribution in [-0.4, -0.2) is 36.2 Å². The molecule has 0 amide bonds. The third-order valence-electron chi connectivity index (χ3n) is 4.17. The summed E-state index contributed by atoms with van der Waals surface area (Å²) >= 11 is 0. The molecule has 124 valence electrons. The Balaban J connectivity index is 1.93. The molecule has 1 aromatic heterocycles. The second-order valence-electron chi connectivity index (χ2n) is 5.72. The van der Waals surface area contributed by atoms with Crippen molar-refractivity contribution in [2.45, 2.75) is 18.9 Å². The van der Waals surface area contributed by atoms with Crippen LogP contribution in [-0.2, 0) is 0 Å². The van der Waals surface area contributed by atoms with Crippen LogP contribution in [0.1, 0.15) is 18.5 Å². The van der Waals surface area contributed by atoms with Gasteiger partial charge in [-0.15, -0.1) is 0 Å². The summed E-state index contributed by atoms with van der Waals surface area (Å²) in [5.74, 6) is 0.170. The molecule has 0 bridgehead atoms. The molecule has 0 atom stereocenters. The molecule has 0 radical (unpaired) electrons. The third kappa shape index (κ3) is 3.14. The minimum Gasteiger partial charge on any atom is -0.494 e. The minimum atomic E-state index is -0.493. The number of hydrogen-bond acceptors (Lipinski definition) is 6. The van der Waals surface area contributed by atoms with E-state index in [1.54, 1.807) is 12.3 Å². The van der Waals surface area contributed by atoms with E-state index in [2.05, 4.69) is 16.0 Å². The molecular formula is C17H18FN5O. The summed E-state index contributed by atoms with van der Waals surface area (Å²) < 4.78 is 18.8. The molecule has 1 aliphatic rings. The molecular weight excluding hydrogens is 309 g/mol. The van der Waals surface area contributed by atoms with Gasteiger partial charge >= 0.3 is 0 Å². The van der Waals surface area contributed by atoms with Crippen molar-refractivity contribution in [3.05, 3.63) is 35.9 Å². The van der Waals surface area contributed by atoms with E-state index in [1.165, 1.54) is 19.2 Å². The molecule has 0 aliphatic carbocycles. The average Bonchev–Trinajstić information content (AvgIpc) is 2.61. The topological polar surface area (TPSA) is 88.1 Å². The zero-order valence-electron chi connectivity index (χ0n) is 13.4. The zero-order chi connectivity index (χ0) is 17.1. The highest BCUT2D eigenvalue weighted by molar-refractivity contribution is 5.69. The number of piperidine rings is 1. The predicted octanol–water partition coefficient (Wildman–Crippen LogP) is 2.09. The van der Waals surface area contributed by atoms with E-state index in [1.807, 2.05) is 4.90 Å². The molecule has 1 aliphatic heterocycles. The number of hydrogen-bond donors (Lipinski definition) is 1. The van der Waals surface area contributed by atoms with Gasteiger partial charge in [0, 0.05) is 30.9 Å². The number of aromatic nitrogens is 2. The number of nitrogens with zero attached hydrogens (tertiary/aromatic N) is 4. The van der Waals surface area contributed by atoms with Crippen LogP contribution in [0.4, 0.5) is 10.3 Å². The van der Waals surface area contributed by atoms with Gasteiger partial charge in [-0.3, -0.25) is 0 Å². The number of methoxy groups -OCH3 is 1. The molecule has 3 rings (SSSR count). The maximum atomic E-state index is 13.9. The molecule has 1 saturated heterocycles. The Morgan fingerprint density at radius 1 is 1.38 bits per heavy atom. The number of rotatable bonds is 3. The first-order valence-electron chi connectivity index (χ1n) is 7.74. The second kappa shape index (κ2) is 6.81. The van der Waals surface area contributed by atoms with Crippen LogP contribution in [0.3, 0.4) is 0 Å². The number of nitrogens with two attached hydrogens (primary N) is 1. The summed E-state index contributed by atoms with van der Waals surface area (Å²) in [7, 11) is 1.40. The normalized spacial score (nSPS) is 15.2. The van der Waals surface area contributed by atoms with Crippen molar-refractivity contribution in [3.63, 3.8) is 0 Å². The Labute approximate surface area is 139 Å². The number of ether oxygens (including phenoxy) is 1. The summed E-state index contributed by atoms with van der Waals surface area (Å²) in [6.45, 7) is 1.53. The van der Waals surface area contributed by atoms with Crippen LogP contribution in [0.2, 0.25) is 0 Å². The predicted molar refractivity (Wildman–Crippen MR) is 88.1 cm³/mol. The lowest BCUT2D eigenvalue weighted by Crippen LogP contribution is -2.40. The van der Waals surface area contributed by atoms with Crippen molar-refractivity contribution in [1.82, 2.24) is 9.97 Å². The molecule has 0 unspecified atom stereocenters. The Kier molecular flexibility index (Phi) is 4.58. The zero-order valence-corrected chi connectivity index (χ0v) is 13.4. The van der Waals surface area contributed by atoms with E-state index in [4.69, 9.17) is 10.5 Å². The van der Waals surface area contributed by atoms with Crippen molar-refractivity contribution in [3.8, 4) is 22.9 Å². The summed E-state index contributed by atoms with van der Waals surface area (Å²) in [5, 5.41) is 9.42. The van der Waals surface area contributed by atoms with E-state index in [9.17, 15) is 9.65 Å². The SMILES string of the molecule is COc1ccc(-c2cnc(N3CCC(N)CC3)nc2C#N)cc1F. The summed E-state index contributed by atoms with van der Waals surface area (Å²) in [6.07, 6.45) is 3.31. The largest absolute Gasteiger partial charge is 0.494 e. The van der Waals surface area contributed by atoms with Crippen molar-refractivity contribution in [2.75, 3.05) is 25.1 Å². The van der Waals surface area contributed by atoms with Crippen LogP contribution in [0.5, 0.6) is 5.75 Å². The van der Waals surface area contributed by atoms with E-state index in [-0.39, 0.29) is 17.5 Å². The van der Waals surface area contributed by atoms with E-state index in [0.717, 1.165) is 25.9 Å². The van der Waals surface area contributed by atoms with Gasteiger partial charge in [0.15, 0.2) is 17.3 Å². The maximum Gasteiger partial charge on any atom is 0.226 e. The highest BCUT2D eigenvalue weighted by atomic mass is 19.1. The Hall–Kier alpha value is -2.72. The van der Waals surface area contributed by atoms with Crippen LogP contribution < -0.4 is 15.4 Å². The number of nitriles is 1. The minimum absolute atomic E-state index is 0.152. The van der Waals surface area contributed by atoms with Gasteiger partial charge in [0.25, 0.3) is 0 Å². The Bertz CT molecular complexity index is 781. The fourth-order valence-corrected chi connectivity index (χ4v) is 2.75. The van der Waals surface area contributed by atoms with Crippen LogP contribution in [0, 0.1) is 17.1 Å². The first-order valence-corrected chi connectivity index (χ1v) is 7.74. The maximum absolute atomic E-state index is 13.9. The average molecular weight is 327 g/mol. The van der Waals surface area contributed by atoms with Gasteiger partial charge < -0.3 is 15.4 Å². The third-order valence-corrected chi connectivity index (χ3v) is 4.17. The molecule has 2 heterocycles. The fourth-order valence-electron chi connectivity index (χ4n) is 2.75. The first kappa shape index (κ1) is 16.1. The number of benzene rings is 1. The lowest BCUT2D eigenvalue weighted by molar-refractivity contribution is 0.386. The second-order valence-corrected chi connectivity index (χ2v) is 5.72. The quantitative estimate of drug-likeness (QED) is 0.928. The van der Waals surface area contributed by atoms with Gasteiger partial charge in [0.2, 0.25) is 5.95 Å². The Morgan fingerprint density at radius 2 is 2.12 bits per heavy atom. The lowest BCUT2D eigenvalue weighted by atomic mass is 10.1. The smallest absolute Gasteiger partial charge is 0.226 e. The summed E-state index contributed by atoms with van der Waals surface area (Å²) in [6, 6.07) is 6.80. The number of halogens is 1. The molecule has 6 nitrogen and oxygen atoms in total. The number of anilines is 1. The van der Waals surface area contributed by atoms with Gasteiger partial charge in [-0.1, -0.05) is 6.07 Å².